The molecule has 0 aliphatic carbocycles. The van der Waals surface area contributed by atoms with Gasteiger partial charge in [-0.25, -0.2) is 0 Å². The zero-order valence-electron chi connectivity index (χ0n) is 26.7. The summed E-state index contributed by atoms with van der Waals surface area (Å²) in [6.45, 7) is 18.5. The Balaban J connectivity index is 4.82. The zero-order chi connectivity index (χ0) is 30.9. The largest absolute Gasteiger partial charge is 0.298 e. The number of allylic oxidation sites excluding steroid dienone is 30. The molecule has 0 aliphatic rings. The molecule has 0 saturated heterocycles. The molecule has 0 spiro atoms. The van der Waals surface area contributed by atoms with Gasteiger partial charge in [0.1, 0.15) is 6.29 Å². The predicted octanol–water partition coefficient (Wildman–Crippen LogP) is 11.7. The normalized spacial score (nSPS) is 15.9. The van der Waals surface area contributed by atoms with Gasteiger partial charge in [0.25, 0.3) is 0 Å². The Morgan fingerprint density at radius 1 is 0.293 bits per heavy atom. The number of rotatable bonds is 15. The monoisotopic (exact) mass is 546 g/mol. The number of hydrogen-bond donors (Lipinski definition) is 0. The molecule has 0 bridgehead atoms. The fourth-order valence-corrected chi connectivity index (χ4v) is 2.94. The lowest BCUT2D eigenvalue weighted by Gasteiger charge is -1.91. The highest BCUT2D eigenvalue weighted by Crippen LogP contribution is 2.04. The van der Waals surface area contributed by atoms with E-state index in [1.54, 1.807) is 13.0 Å². The van der Waals surface area contributed by atoms with E-state index in [-0.39, 0.29) is 0 Å². The first-order valence-corrected chi connectivity index (χ1v) is 14.1. The van der Waals surface area contributed by atoms with Crippen LogP contribution < -0.4 is 0 Å². The van der Waals surface area contributed by atoms with Gasteiger partial charge in [-0.2, -0.15) is 0 Å². The SMILES string of the molecule is CC(C)=C/C=C/C(C)=C/C=C/C(C)=C/C=C/C(C)=C/C=C/C=C(C)/C=C/C=C(C)/C=C/C=C(C)/C=C/C=C(\C)C=O. The van der Waals surface area contributed by atoms with Crippen molar-refractivity contribution >= 4 is 6.29 Å². The lowest BCUT2D eigenvalue weighted by Crippen LogP contribution is -1.73. The van der Waals surface area contributed by atoms with Crippen molar-refractivity contribution in [1.82, 2.24) is 0 Å². The number of carbonyl (C=O) groups excluding carboxylic acids is 1. The predicted molar refractivity (Wildman–Crippen MR) is 186 cm³/mol. The molecule has 0 aromatic carbocycles. The Bertz CT molecular complexity index is 1290. The number of aldehydes is 1. The van der Waals surface area contributed by atoms with Gasteiger partial charge in [-0.05, 0) is 67.9 Å². The molecular formula is C40H50O. The van der Waals surface area contributed by atoms with Crippen LogP contribution >= 0.6 is 0 Å². The first kappa shape index (κ1) is 36.8. The van der Waals surface area contributed by atoms with E-state index in [2.05, 4.69) is 152 Å². The van der Waals surface area contributed by atoms with Gasteiger partial charge in [0, 0.05) is 0 Å². The second-order valence-corrected chi connectivity index (χ2v) is 10.3. The molecule has 41 heavy (non-hydrogen) atoms. The third kappa shape index (κ3) is 24.5. The van der Waals surface area contributed by atoms with Gasteiger partial charge >= 0.3 is 0 Å². The topological polar surface area (TPSA) is 17.1 Å². The zero-order valence-corrected chi connectivity index (χ0v) is 26.7. The van der Waals surface area contributed by atoms with Gasteiger partial charge in [-0.1, -0.05) is 173 Å². The maximum absolute atomic E-state index is 10.6. The van der Waals surface area contributed by atoms with Crippen LogP contribution in [-0.2, 0) is 4.79 Å². The van der Waals surface area contributed by atoms with E-state index in [9.17, 15) is 4.79 Å². The molecule has 0 aliphatic heterocycles. The van der Waals surface area contributed by atoms with Gasteiger partial charge < -0.3 is 0 Å². The van der Waals surface area contributed by atoms with E-state index in [0.717, 1.165) is 11.9 Å². The van der Waals surface area contributed by atoms with Crippen LogP contribution in [0.1, 0.15) is 62.3 Å². The Morgan fingerprint density at radius 2 is 0.512 bits per heavy atom. The van der Waals surface area contributed by atoms with Crippen molar-refractivity contribution in [3.8, 4) is 0 Å². The second-order valence-electron chi connectivity index (χ2n) is 10.3. The van der Waals surface area contributed by atoms with Crippen LogP contribution in [0.2, 0.25) is 0 Å². The highest BCUT2D eigenvalue weighted by atomic mass is 16.1. The molecule has 0 heterocycles. The Kier molecular flexibility index (Phi) is 21.2. The summed E-state index contributed by atoms with van der Waals surface area (Å²) in [5.74, 6) is 0. The third-order valence-electron chi connectivity index (χ3n) is 5.40. The summed E-state index contributed by atoms with van der Waals surface area (Å²) < 4.78 is 0. The average molecular weight is 547 g/mol. The number of carbonyl (C=O) groups is 1. The molecule has 1 heteroatoms. The third-order valence-corrected chi connectivity index (χ3v) is 5.40. The first-order valence-electron chi connectivity index (χ1n) is 14.1. The van der Waals surface area contributed by atoms with Gasteiger partial charge in [0.15, 0.2) is 0 Å². The van der Waals surface area contributed by atoms with E-state index < -0.39 is 0 Å². The Labute approximate surface area is 251 Å². The van der Waals surface area contributed by atoms with Gasteiger partial charge in [-0.3, -0.25) is 4.79 Å². The molecular weight excluding hydrogens is 496 g/mol. The second kappa shape index (κ2) is 23.6. The van der Waals surface area contributed by atoms with E-state index >= 15 is 0 Å². The maximum Gasteiger partial charge on any atom is 0.145 e. The fourth-order valence-electron chi connectivity index (χ4n) is 2.94. The summed E-state index contributed by atoms with van der Waals surface area (Å²) in [4.78, 5) is 10.6. The highest BCUT2D eigenvalue weighted by molar-refractivity contribution is 5.72. The maximum atomic E-state index is 10.6. The fraction of sp³-hybridized carbons (Fsp3) is 0.225. The summed E-state index contributed by atoms with van der Waals surface area (Å²) in [6.07, 6.45) is 46.2. The minimum Gasteiger partial charge on any atom is -0.298 e. The highest BCUT2D eigenvalue weighted by Gasteiger charge is 1.84. The molecule has 0 N–H and O–H groups in total. The van der Waals surface area contributed by atoms with Crippen LogP contribution in [0.3, 0.4) is 0 Å². The van der Waals surface area contributed by atoms with E-state index in [1.165, 1.54) is 33.4 Å². The molecule has 0 fully saturated rings. The van der Waals surface area contributed by atoms with Crippen molar-refractivity contribution in [1.29, 1.82) is 0 Å². The van der Waals surface area contributed by atoms with E-state index in [4.69, 9.17) is 0 Å². The van der Waals surface area contributed by atoms with Crippen LogP contribution in [0.25, 0.3) is 0 Å². The Morgan fingerprint density at radius 3 is 0.756 bits per heavy atom. The van der Waals surface area contributed by atoms with Crippen LogP contribution in [0.5, 0.6) is 0 Å². The summed E-state index contributed by atoms with van der Waals surface area (Å²) in [5, 5.41) is 0. The molecule has 216 valence electrons. The van der Waals surface area contributed by atoms with Crippen LogP contribution in [0, 0.1) is 0 Å². The minimum atomic E-state index is 0.708. The van der Waals surface area contributed by atoms with Crippen LogP contribution in [-0.4, -0.2) is 6.29 Å². The molecule has 0 radical (unpaired) electrons. The van der Waals surface area contributed by atoms with Crippen LogP contribution in [0.15, 0.2) is 178 Å². The quantitative estimate of drug-likeness (QED) is 0.113. The smallest absolute Gasteiger partial charge is 0.145 e. The molecule has 0 aromatic heterocycles. The minimum absolute atomic E-state index is 0.708. The van der Waals surface area contributed by atoms with Crippen molar-refractivity contribution in [2.75, 3.05) is 0 Å². The summed E-state index contributed by atoms with van der Waals surface area (Å²) in [7, 11) is 0. The lowest BCUT2D eigenvalue weighted by molar-refractivity contribution is -0.104. The molecule has 0 saturated carbocycles. The number of hydrogen-bond acceptors (Lipinski definition) is 1. The van der Waals surface area contributed by atoms with Crippen molar-refractivity contribution in [3.05, 3.63) is 178 Å². The van der Waals surface area contributed by atoms with Crippen LogP contribution in [0.4, 0.5) is 0 Å². The van der Waals surface area contributed by atoms with Gasteiger partial charge in [0.2, 0.25) is 0 Å². The van der Waals surface area contributed by atoms with E-state index in [1.807, 2.05) is 31.2 Å². The summed E-state index contributed by atoms with van der Waals surface area (Å²) in [6, 6.07) is 0. The van der Waals surface area contributed by atoms with Crippen molar-refractivity contribution < 1.29 is 4.79 Å². The summed E-state index contributed by atoms with van der Waals surface area (Å²) >= 11 is 0. The van der Waals surface area contributed by atoms with Gasteiger partial charge in [-0.15, -0.1) is 0 Å². The van der Waals surface area contributed by atoms with Crippen molar-refractivity contribution in [2.45, 2.75) is 62.3 Å². The molecule has 1 nitrogen and oxygen atoms in total. The van der Waals surface area contributed by atoms with E-state index in [0.29, 0.717) is 5.57 Å². The first-order chi connectivity index (χ1) is 19.5. The van der Waals surface area contributed by atoms with Crippen molar-refractivity contribution in [3.63, 3.8) is 0 Å². The molecule has 0 unspecified atom stereocenters. The molecule has 0 aromatic rings. The molecule has 0 amide bonds. The summed E-state index contributed by atoms with van der Waals surface area (Å²) in [5.41, 5.74) is 9.07. The standard InChI is InChI=1S/C40H50O/c1-33(2)18-12-21-36(5)24-15-27-37(6)25-13-22-34(3)19-10-11-20-35(4)23-14-26-38(7)28-16-29-39(8)30-17-31-40(9)32-41/h10-32H,1-9H3/b11-10+,21-12+,22-13+,23-14+,27-15+,28-16+,30-17+,34-19+,35-20+,36-24+,37-25+,38-26+,39-29+,40-31+. The lowest BCUT2D eigenvalue weighted by atomic mass is 10.2. The Hall–Kier alpha value is -4.23. The molecule has 0 rings (SSSR count). The molecule has 0 atom stereocenters. The van der Waals surface area contributed by atoms with Crippen molar-refractivity contribution in [2.24, 2.45) is 0 Å². The van der Waals surface area contributed by atoms with Gasteiger partial charge in [0.05, 0.1) is 0 Å². The average Bonchev–Trinajstić information content (AvgIpc) is 2.90.